The molecule has 0 aromatic heterocycles. The molecule has 0 N–H and O–H groups in total. The van der Waals surface area contributed by atoms with Crippen molar-refractivity contribution in [2.24, 2.45) is 0 Å². The number of carbonyl (C=O) groups is 2. The highest BCUT2D eigenvalue weighted by atomic mass is 16.6. The highest BCUT2D eigenvalue weighted by Crippen LogP contribution is 2.31. The summed E-state index contributed by atoms with van der Waals surface area (Å²) >= 11 is 0. The summed E-state index contributed by atoms with van der Waals surface area (Å²) in [6.07, 6.45) is 3.07. The van der Waals surface area contributed by atoms with Gasteiger partial charge in [-0.25, -0.2) is 4.79 Å². The van der Waals surface area contributed by atoms with Crippen molar-refractivity contribution in [1.29, 1.82) is 0 Å². The predicted octanol–water partition coefficient (Wildman–Crippen LogP) is 3.63. The molecule has 1 aliphatic heterocycles. The largest absolute Gasteiger partial charge is 0.497 e. The quantitative estimate of drug-likeness (QED) is 0.304. The van der Waals surface area contributed by atoms with Gasteiger partial charge in [0.2, 0.25) is 0 Å². The number of benzene rings is 2. The molecule has 3 rings (SSSR count). The van der Waals surface area contributed by atoms with Crippen LogP contribution in [0.3, 0.4) is 0 Å². The first-order valence-corrected chi connectivity index (χ1v) is 9.37. The van der Waals surface area contributed by atoms with Crippen LogP contribution in [0.15, 0.2) is 42.5 Å². The number of esters is 1. The van der Waals surface area contributed by atoms with Crippen LogP contribution in [0.5, 0.6) is 5.75 Å². The van der Waals surface area contributed by atoms with Crippen LogP contribution in [0.4, 0.5) is 11.4 Å². The maximum absolute atomic E-state index is 12.3. The van der Waals surface area contributed by atoms with Crippen molar-refractivity contribution in [2.45, 2.75) is 19.3 Å². The SMILES string of the molecule is COc1ccc(C(=O)COC(=O)c2ccc(N3CCCCC3)c([N+](=O)[O-])c2)cc1. The number of methoxy groups -OCH3 is 1. The Morgan fingerprint density at radius 2 is 1.69 bits per heavy atom. The minimum absolute atomic E-state index is 0.0417. The topological polar surface area (TPSA) is 99.0 Å². The number of nitrogens with zero attached hydrogens (tertiary/aromatic N) is 2. The van der Waals surface area contributed by atoms with E-state index < -0.39 is 17.5 Å². The van der Waals surface area contributed by atoms with Gasteiger partial charge in [-0.3, -0.25) is 14.9 Å². The van der Waals surface area contributed by atoms with Crippen molar-refractivity contribution in [3.05, 3.63) is 63.7 Å². The molecule has 0 radical (unpaired) electrons. The monoisotopic (exact) mass is 398 g/mol. The van der Waals surface area contributed by atoms with Gasteiger partial charge in [-0.15, -0.1) is 0 Å². The molecular formula is C21H22N2O6. The summed E-state index contributed by atoms with van der Waals surface area (Å²) in [6, 6.07) is 10.7. The third-order valence-corrected chi connectivity index (χ3v) is 4.85. The Bertz CT molecular complexity index is 904. The fourth-order valence-corrected chi connectivity index (χ4v) is 3.27. The van der Waals surface area contributed by atoms with Crippen LogP contribution >= 0.6 is 0 Å². The van der Waals surface area contributed by atoms with Crippen molar-refractivity contribution < 1.29 is 24.0 Å². The summed E-state index contributed by atoms with van der Waals surface area (Å²) < 4.78 is 10.1. The van der Waals surface area contributed by atoms with Gasteiger partial charge in [0.05, 0.1) is 17.6 Å². The van der Waals surface area contributed by atoms with Crippen molar-refractivity contribution in [1.82, 2.24) is 0 Å². The molecular weight excluding hydrogens is 376 g/mol. The van der Waals surface area contributed by atoms with E-state index in [1.54, 1.807) is 30.3 Å². The number of Topliss-reactive ketones (excluding diaryl/α,β-unsaturated/α-hetero) is 1. The zero-order valence-electron chi connectivity index (χ0n) is 16.1. The number of piperidine rings is 1. The summed E-state index contributed by atoms with van der Waals surface area (Å²) in [6.45, 7) is 1.05. The van der Waals surface area contributed by atoms with Crippen LogP contribution in [0.2, 0.25) is 0 Å². The van der Waals surface area contributed by atoms with Gasteiger partial charge in [-0.2, -0.15) is 0 Å². The van der Waals surface area contributed by atoms with E-state index in [9.17, 15) is 19.7 Å². The highest BCUT2D eigenvalue weighted by molar-refractivity contribution is 5.99. The van der Waals surface area contributed by atoms with E-state index in [2.05, 4.69) is 0 Å². The number of carbonyl (C=O) groups excluding carboxylic acids is 2. The normalized spacial score (nSPS) is 13.6. The van der Waals surface area contributed by atoms with Gasteiger partial charge in [0.15, 0.2) is 12.4 Å². The van der Waals surface area contributed by atoms with E-state index >= 15 is 0 Å². The number of hydrogen-bond donors (Lipinski definition) is 0. The number of ketones is 1. The number of hydrogen-bond acceptors (Lipinski definition) is 7. The van der Waals surface area contributed by atoms with Gasteiger partial charge >= 0.3 is 5.97 Å². The first-order chi connectivity index (χ1) is 14.0. The van der Waals surface area contributed by atoms with Crippen molar-refractivity contribution in [3.8, 4) is 5.75 Å². The van der Waals surface area contributed by atoms with Crippen LogP contribution < -0.4 is 9.64 Å². The first kappa shape index (κ1) is 20.3. The zero-order chi connectivity index (χ0) is 20.8. The molecule has 8 nitrogen and oxygen atoms in total. The van der Waals surface area contributed by atoms with Crippen LogP contribution in [0, 0.1) is 10.1 Å². The lowest BCUT2D eigenvalue weighted by molar-refractivity contribution is -0.384. The molecule has 1 heterocycles. The van der Waals surface area contributed by atoms with Crippen LogP contribution in [-0.2, 0) is 4.74 Å². The maximum atomic E-state index is 12.3. The molecule has 8 heteroatoms. The fraction of sp³-hybridized carbons (Fsp3) is 0.333. The van der Waals surface area contributed by atoms with Crippen LogP contribution in [0.1, 0.15) is 40.0 Å². The molecule has 2 aromatic carbocycles. The van der Waals surface area contributed by atoms with Crippen molar-refractivity contribution in [3.63, 3.8) is 0 Å². The molecule has 1 saturated heterocycles. The summed E-state index contributed by atoms with van der Waals surface area (Å²) in [5, 5.41) is 11.5. The molecule has 29 heavy (non-hydrogen) atoms. The summed E-state index contributed by atoms with van der Waals surface area (Å²) in [4.78, 5) is 37.5. The number of rotatable bonds is 7. The molecule has 1 fully saturated rings. The fourth-order valence-electron chi connectivity index (χ4n) is 3.27. The second-order valence-corrected chi connectivity index (χ2v) is 6.74. The van der Waals surface area contributed by atoms with E-state index in [0.717, 1.165) is 32.4 Å². The van der Waals surface area contributed by atoms with E-state index in [1.165, 1.54) is 19.2 Å². The molecule has 0 bridgehead atoms. The Morgan fingerprint density at radius 3 is 2.31 bits per heavy atom. The van der Waals surface area contributed by atoms with Gasteiger partial charge in [0, 0.05) is 24.7 Å². The molecule has 0 atom stereocenters. The lowest BCUT2D eigenvalue weighted by Crippen LogP contribution is -2.30. The number of ether oxygens (including phenoxy) is 2. The molecule has 0 amide bonds. The van der Waals surface area contributed by atoms with Crippen LogP contribution in [-0.4, -0.2) is 43.5 Å². The van der Waals surface area contributed by atoms with E-state index in [4.69, 9.17) is 9.47 Å². The first-order valence-electron chi connectivity index (χ1n) is 9.37. The number of anilines is 1. The third kappa shape index (κ3) is 4.90. The molecule has 2 aromatic rings. The zero-order valence-corrected chi connectivity index (χ0v) is 16.1. The minimum Gasteiger partial charge on any atom is -0.497 e. The maximum Gasteiger partial charge on any atom is 0.338 e. The average Bonchev–Trinajstić information content (AvgIpc) is 2.77. The van der Waals surface area contributed by atoms with Crippen molar-refractivity contribution in [2.75, 3.05) is 31.7 Å². The van der Waals surface area contributed by atoms with Crippen molar-refractivity contribution >= 4 is 23.1 Å². The summed E-state index contributed by atoms with van der Waals surface area (Å²) in [5.74, 6) is -0.541. The standard InChI is InChI=1S/C21H22N2O6/c1-28-17-8-5-15(6-9-17)20(24)14-29-21(25)16-7-10-18(19(13-16)23(26)27)22-11-3-2-4-12-22/h5-10,13H,2-4,11-12,14H2,1H3. The number of nitro benzene ring substituents is 1. The number of nitro groups is 1. The summed E-state index contributed by atoms with van der Waals surface area (Å²) in [7, 11) is 1.52. The Hall–Kier alpha value is -3.42. The molecule has 152 valence electrons. The predicted molar refractivity (Wildman–Crippen MR) is 107 cm³/mol. The smallest absolute Gasteiger partial charge is 0.338 e. The molecule has 0 unspecified atom stereocenters. The lowest BCUT2D eigenvalue weighted by atomic mass is 10.1. The Balaban J connectivity index is 1.69. The lowest BCUT2D eigenvalue weighted by Gasteiger charge is -2.28. The molecule has 1 aliphatic rings. The van der Waals surface area contributed by atoms with Gasteiger partial charge in [0.25, 0.3) is 5.69 Å². The second-order valence-electron chi connectivity index (χ2n) is 6.74. The van der Waals surface area contributed by atoms with Gasteiger partial charge in [-0.1, -0.05) is 0 Å². The Morgan fingerprint density at radius 1 is 1.03 bits per heavy atom. The van der Waals surface area contributed by atoms with Crippen LogP contribution in [0.25, 0.3) is 0 Å². The molecule has 0 spiro atoms. The second kappa shape index (κ2) is 9.18. The molecule has 0 aliphatic carbocycles. The minimum atomic E-state index is -0.778. The Labute approximate surface area is 168 Å². The third-order valence-electron chi connectivity index (χ3n) is 4.85. The van der Waals surface area contributed by atoms with Gasteiger partial charge in [0.1, 0.15) is 11.4 Å². The molecule has 0 saturated carbocycles. The average molecular weight is 398 g/mol. The van der Waals surface area contributed by atoms with Gasteiger partial charge in [-0.05, 0) is 55.7 Å². The van der Waals surface area contributed by atoms with E-state index in [0.29, 0.717) is 17.0 Å². The van der Waals surface area contributed by atoms with E-state index in [1.807, 2.05) is 4.90 Å². The Kier molecular flexibility index (Phi) is 6.43. The highest BCUT2D eigenvalue weighted by Gasteiger charge is 2.24. The summed E-state index contributed by atoms with van der Waals surface area (Å²) in [5.41, 5.74) is 0.786. The van der Waals surface area contributed by atoms with E-state index in [-0.39, 0.29) is 17.0 Å². The van der Waals surface area contributed by atoms with Gasteiger partial charge < -0.3 is 14.4 Å².